The number of ether oxygens (including phenoxy) is 1. The summed E-state index contributed by atoms with van der Waals surface area (Å²) in [5.74, 6) is 1.39. The quantitative estimate of drug-likeness (QED) is 0.726. The summed E-state index contributed by atoms with van der Waals surface area (Å²) in [5, 5.41) is 0. The van der Waals surface area contributed by atoms with E-state index in [2.05, 4.69) is 28.8 Å². The first-order valence-electron chi connectivity index (χ1n) is 8.07. The maximum atomic E-state index is 13.4. The predicted molar refractivity (Wildman–Crippen MR) is 89.1 cm³/mol. The minimum atomic E-state index is -2.66. The second-order valence-corrected chi connectivity index (χ2v) is 6.45. The Morgan fingerprint density at radius 2 is 1.92 bits per heavy atom. The standard InChI is InChI=1S/C18H23F2N3O/c1-11(2)7-12(3)10-24-18-15(17(19)20)8-14(9-22-18)16-5-6-21-13(4)23-16/h5-6,8-9,11-12,17H,7,10H2,1-4H3. The molecule has 130 valence electrons. The zero-order chi connectivity index (χ0) is 17.7. The molecule has 2 heterocycles. The molecule has 0 radical (unpaired) electrons. The van der Waals surface area contributed by atoms with Gasteiger partial charge in [0.15, 0.2) is 0 Å². The van der Waals surface area contributed by atoms with E-state index in [1.807, 2.05) is 6.92 Å². The summed E-state index contributed by atoms with van der Waals surface area (Å²) in [5.41, 5.74) is 0.885. The molecular formula is C18H23F2N3O. The van der Waals surface area contributed by atoms with Crippen LogP contribution in [-0.2, 0) is 0 Å². The minimum absolute atomic E-state index is 0.00451. The van der Waals surface area contributed by atoms with E-state index in [0.717, 1.165) is 6.42 Å². The molecular weight excluding hydrogens is 312 g/mol. The van der Waals surface area contributed by atoms with Crippen molar-refractivity contribution in [3.05, 3.63) is 35.9 Å². The van der Waals surface area contributed by atoms with Gasteiger partial charge in [0, 0.05) is 18.0 Å². The van der Waals surface area contributed by atoms with E-state index in [-0.39, 0.29) is 17.4 Å². The van der Waals surface area contributed by atoms with Crippen molar-refractivity contribution in [3.63, 3.8) is 0 Å². The van der Waals surface area contributed by atoms with Gasteiger partial charge in [0.2, 0.25) is 5.88 Å². The van der Waals surface area contributed by atoms with Crippen molar-refractivity contribution in [1.82, 2.24) is 15.0 Å². The molecule has 0 aromatic carbocycles. The lowest BCUT2D eigenvalue weighted by molar-refractivity contribution is 0.140. The van der Waals surface area contributed by atoms with Gasteiger partial charge in [0.05, 0.1) is 17.9 Å². The van der Waals surface area contributed by atoms with Gasteiger partial charge in [-0.3, -0.25) is 0 Å². The van der Waals surface area contributed by atoms with E-state index >= 15 is 0 Å². The average molecular weight is 335 g/mol. The molecule has 0 N–H and O–H groups in total. The van der Waals surface area contributed by atoms with Crippen LogP contribution < -0.4 is 4.74 Å². The Balaban J connectivity index is 2.21. The van der Waals surface area contributed by atoms with E-state index in [0.29, 0.717) is 29.6 Å². The minimum Gasteiger partial charge on any atom is -0.477 e. The van der Waals surface area contributed by atoms with Crippen LogP contribution in [0.2, 0.25) is 0 Å². The zero-order valence-electron chi connectivity index (χ0n) is 14.5. The summed E-state index contributed by atoms with van der Waals surface area (Å²) in [6.45, 7) is 8.41. The fraction of sp³-hybridized carbons (Fsp3) is 0.500. The number of hydrogen-bond acceptors (Lipinski definition) is 4. The van der Waals surface area contributed by atoms with E-state index < -0.39 is 6.43 Å². The normalized spacial score (nSPS) is 12.7. The molecule has 0 fully saturated rings. The van der Waals surface area contributed by atoms with Gasteiger partial charge in [-0.05, 0) is 37.3 Å². The van der Waals surface area contributed by atoms with Crippen LogP contribution in [0.5, 0.6) is 5.88 Å². The van der Waals surface area contributed by atoms with E-state index in [9.17, 15) is 8.78 Å². The Kier molecular flexibility index (Phi) is 6.17. The molecule has 1 atom stereocenters. The molecule has 0 saturated carbocycles. The van der Waals surface area contributed by atoms with Crippen LogP contribution >= 0.6 is 0 Å². The molecule has 2 aromatic rings. The summed E-state index contributed by atoms with van der Waals surface area (Å²) in [6.07, 6.45) is 1.42. The van der Waals surface area contributed by atoms with E-state index in [1.54, 1.807) is 19.2 Å². The van der Waals surface area contributed by atoms with Crippen LogP contribution in [0.4, 0.5) is 8.78 Å². The summed E-state index contributed by atoms with van der Waals surface area (Å²) < 4.78 is 32.3. The third-order valence-electron chi connectivity index (χ3n) is 3.56. The molecule has 0 aliphatic rings. The Labute approximate surface area is 141 Å². The number of halogens is 2. The second-order valence-electron chi connectivity index (χ2n) is 6.45. The van der Waals surface area contributed by atoms with Crippen molar-refractivity contribution in [2.24, 2.45) is 11.8 Å². The maximum Gasteiger partial charge on any atom is 0.269 e. The summed E-state index contributed by atoms with van der Waals surface area (Å²) in [6, 6.07) is 3.06. The van der Waals surface area contributed by atoms with Gasteiger partial charge in [0.25, 0.3) is 6.43 Å². The lowest BCUT2D eigenvalue weighted by Gasteiger charge is -2.16. The third kappa shape index (κ3) is 4.94. The van der Waals surface area contributed by atoms with Crippen molar-refractivity contribution in [2.75, 3.05) is 6.61 Å². The molecule has 2 rings (SSSR count). The zero-order valence-corrected chi connectivity index (χ0v) is 14.5. The van der Waals surface area contributed by atoms with E-state index in [1.165, 1.54) is 12.3 Å². The lowest BCUT2D eigenvalue weighted by atomic mass is 10.00. The lowest BCUT2D eigenvalue weighted by Crippen LogP contribution is -2.12. The Hall–Kier alpha value is -2.11. The van der Waals surface area contributed by atoms with Gasteiger partial charge >= 0.3 is 0 Å². The van der Waals surface area contributed by atoms with Crippen molar-refractivity contribution in [2.45, 2.75) is 40.5 Å². The number of nitrogens with zero attached hydrogens (tertiary/aromatic N) is 3. The summed E-state index contributed by atoms with van der Waals surface area (Å²) >= 11 is 0. The van der Waals surface area contributed by atoms with Crippen LogP contribution in [0.15, 0.2) is 24.5 Å². The second kappa shape index (κ2) is 8.13. The molecule has 0 aliphatic heterocycles. The topological polar surface area (TPSA) is 47.9 Å². The predicted octanol–water partition coefficient (Wildman–Crippen LogP) is 4.85. The van der Waals surface area contributed by atoms with Gasteiger partial charge in [-0.25, -0.2) is 23.7 Å². The summed E-state index contributed by atoms with van der Waals surface area (Å²) in [4.78, 5) is 12.3. The highest BCUT2D eigenvalue weighted by Crippen LogP contribution is 2.31. The Morgan fingerprint density at radius 1 is 1.17 bits per heavy atom. The molecule has 4 nitrogen and oxygen atoms in total. The first kappa shape index (κ1) is 18.2. The molecule has 1 unspecified atom stereocenters. The monoisotopic (exact) mass is 335 g/mol. The molecule has 2 aromatic heterocycles. The van der Waals surface area contributed by atoms with Crippen LogP contribution in [0.1, 0.15) is 45.0 Å². The number of aromatic nitrogens is 3. The highest BCUT2D eigenvalue weighted by atomic mass is 19.3. The van der Waals surface area contributed by atoms with Crippen molar-refractivity contribution >= 4 is 0 Å². The van der Waals surface area contributed by atoms with Gasteiger partial charge < -0.3 is 4.74 Å². The van der Waals surface area contributed by atoms with Crippen molar-refractivity contribution in [1.29, 1.82) is 0 Å². The smallest absolute Gasteiger partial charge is 0.269 e. The van der Waals surface area contributed by atoms with Crippen LogP contribution in [0.25, 0.3) is 11.3 Å². The van der Waals surface area contributed by atoms with Gasteiger partial charge in [-0.2, -0.15) is 0 Å². The number of aryl methyl sites for hydroxylation is 1. The molecule has 24 heavy (non-hydrogen) atoms. The Morgan fingerprint density at radius 3 is 2.54 bits per heavy atom. The number of rotatable bonds is 7. The largest absolute Gasteiger partial charge is 0.477 e. The molecule has 0 aliphatic carbocycles. The Bertz CT molecular complexity index is 677. The van der Waals surface area contributed by atoms with Crippen molar-refractivity contribution < 1.29 is 13.5 Å². The first-order valence-corrected chi connectivity index (χ1v) is 8.07. The molecule has 0 spiro atoms. The molecule has 0 bridgehead atoms. The molecule has 0 saturated heterocycles. The van der Waals surface area contributed by atoms with E-state index in [4.69, 9.17) is 4.74 Å². The van der Waals surface area contributed by atoms with Gasteiger partial charge in [-0.1, -0.05) is 20.8 Å². The number of pyridine rings is 1. The molecule has 6 heteroatoms. The van der Waals surface area contributed by atoms with Crippen LogP contribution in [0.3, 0.4) is 0 Å². The van der Waals surface area contributed by atoms with Gasteiger partial charge in [-0.15, -0.1) is 0 Å². The highest BCUT2D eigenvalue weighted by Gasteiger charge is 2.18. The first-order chi connectivity index (χ1) is 11.4. The number of hydrogen-bond donors (Lipinski definition) is 0. The summed E-state index contributed by atoms with van der Waals surface area (Å²) in [7, 11) is 0. The maximum absolute atomic E-state index is 13.4. The number of alkyl halides is 2. The third-order valence-corrected chi connectivity index (χ3v) is 3.56. The average Bonchev–Trinajstić information content (AvgIpc) is 2.52. The molecule has 0 amide bonds. The van der Waals surface area contributed by atoms with Crippen LogP contribution in [0, 0.1) is 18.8 Å². The fourth-order valence-corrected chi connectivity index (χ4v) is 2.60. The van der Waals surface area contributed by atoms with Crippen LogP contribution in [-0.4, -0.2) is 21.6 Å². The SMILES string of the molecule is Cc1nccc(-c2cnc(OCC(C)CC(C)C)c(C(F)F)c2)n1. The van der Waals surface area contributed by atoms with Gasteiger partial charge in [0.1, 0.15) is 5.82 Å². The van der Waals surface area contributed by atoms with Crippen molar-refractivity contribution in [3.8, 4) is 17.1 Å². The fourth-order valence-electron chi connectivity index (χ4n) is 2.60. The highest BCUT2D eigenvalue weighted by molar-refractivity contribution is 5.59.